The van der Waals surface area contributed by atoms with Gasteiger partial charge in [-0.15, -0.1) is 5.10 Å². The van der Waals surface area contributed by atoms with Crippen LogP contribution in [0.5, 0.6) is 0 Å². The number of hydrogen-bond acceptors (Lipinski definition) is 5. The topological polar surface area (TPSA) is 81.3 Å². The summed E-state index contributed by atoms with van der Waals surface area (Å²) < 4.78 is 2.34. The molecule has 0 fully saturated rings. The highest BCUT2D eigenvalue weighted by atomic mass is 32.2. The van der Waals surface area contributed by atoms with Crippen LogP contribution < -0.4 is 11.0 Å². The van der Waals surface area contributed by atoms with Crippen LogP contribution in [-0.2, 0) is 11.3 Å². The zero-order valence-corrected chi connectivity index (χ0v) is 16.0. The van der Waals surface area contributed by atoms with E-state index in [1.807, 2.05) is 37.3 Å². The summed E-state index contributed by atoms with van der Waals surface area (Å²) in [6.45, 7) is 7.96. The number of aromatic nitrogens is 4. The summed E-state index contributed by atoms with van der Waals surface area (Å²) in [5, 5.41) is 12.1. The molecule has 2 heterocycles. The van der Waals surface area contributed by atoms with Crippen LogP contribution in [0.2, 0.25) is 0 Å². The standard InChI is InChI=1S/C18H21N5O2S/c1-12-7-5-6-8-13(12)19-15(24)11-22-17(25)23-14(20-22)9-10-16(21-23)26-18(2,3)4/h5-10H,11H2,1-4H3,(H,19,24). The summed E-state index contributed by atoms with van der Waals surface area (Å²) in [6.07, 6.45) is 0. The number of nitrogens with zero attached hydrogens (tertiary/aromatic N) is 4. The summed E-state index contributed by atoms with van der Waals surface area (Å²) >= 11 is 1.56. The lowest BCUT2D eigenvalue weighted by molar-refractivity contribution is -0.117. The average Bonchev–Trinajstić information content (AvgIpc) is 2.84. The smallest absolute Gasteiger partial charge is 0.324 e. The zero-order chi connectivity index (χ0) is 18.9. The molecule has 26 heavy (non-hydrogen) atoms. The van der Waals surface area contributed by atoms with Gasteiger partial charge < -0.3 is 5.32 Å². The maximum Gasteiger partial charge on any atom is 0.367 e. The minimum Gasteiger partial charge on any atom is -0.324 e. The number of anilines is 1. The third-order valence-electron chi connectivity index (χ3n) is 3.54. The number of rotatable bonds is 4. The van der Waals surface area contributed by atoms with Gasteiger partial charge in [-0.3, -0.25) is 4.79 Å². The number of fused-ring (bicyclic) bond motifs is 1. The third kappa shape index (κ3) is 4.13. The molecule has 3 rings (SSSR count). The third-order valence-corrected chi connectivity index (χ3v) is 4.58. The SMILES string of the molecule is Cc1ccccc1NC(=O)Cn1nc2ccc(SC(C)(C)C)nn2c1=O. The van der Waals surface area contributed by atoms with Crippen LogP contribution in [0.25, 0.3) is 5.65 Å². The first-order chi connectivity index (χ1) is 12.2. The summed E-state index contributed by atoms with van der Waals surface area (Å²) in [7, 11) is 0. The fourth-order valence-electron chi connectivity index (χ4n) is 2.40. The van der Waals surface area contributed by atoms with Crippen molar-refractivity contribution in [2.24, 2.45) is 0 Å². The maximum absolute atomic E-state index is 12.5. The van der Waals surface area contributed by atoms with Gasteiger partial charge in [-0.1, -0.05) is 50.7 Å². The molecule has 1 N–H and O–H groups in total. The Morgan fingerprint density at radius 2 is 1.88 bits per heavy atom. The normalized spacial score (nSPS) is 11.7. The summed E-state index contributed by atoms with van der Waals surface area (Å²) in [5.74, 6) is -0.311. The van der Waals surface area contributed by atoms with E-state index in [9.17, 15) is 9.59 Å². The van der Waals surface area contributed by atoms with E-state index in [0.717, 1.165) is 21.0 Å². The zero-order valence-electron chi connectivity index (χ0n) is 15.2. The molecule has 0 aliphatic carbocycles. The van der Waals surface area contributed by atoms with E-state index < -0.39 is 5.69 Å². The van der Waals surface area contributed by atoms with Crippen LogP contribution in [0.15, 0.2) is 46.2 Å². The maximum atomic E-state index is 12.5. The minimum absolute atomic E-state index is 0.0201. The van der Waals surface area contributed by atoms with Crippen molar-refractivity contribution in [2.75, 3.05) is 5.32 Å². The molecule has 0 bridgehead atoms. The molecule has 1 aromatic carbocycles. The van der Waals surface area contributed by atoms with Crippen molar-refractivity contribution >= 4 is 29.0 Å². The van der Waals surface area contributed by atoms with Crippen LogP contribution in [0.1, 0.15) is 26.3 Å². The molecular formula is C18H21N5O2S. The molecule has 0 saturated heterocycles. The van der Waals surface area contributed by atoms with E-state index in [0.29, 0.717) is 5.65 Å². The van der Waals surface area contributed by atoms with Crippen molar-refractivity contribution in [1.29, 1.82) is 0 Å². The Balaban J connectivity index is 1.82. The molecule has 0 spiro atoms. The van der Waals surface area contributed by atoms with Crippen molar-refractivity contribution < 1.29 is 4.79 Å². The molecule has 0 saturated carbocycles. The Labute approximate surface area is 155 Å². The summed E-state index contributed by atoms with van der Waals surface area (Å²) in [5.41, 5.74) is 1.65. The average molecular weight is 371 g/mol. The van der Waals surface area contributed by atoms with Crippen molar-refractivity contribution in [1.82, 2.24) is 19.4 Å². The number of para-hydroxylation sites is 1. The molecule has 0 aliphatic heterocycles. The number of nitrogens with one attached hydrogen (secondary N) is 1. The van der Waals surface area contributed by atoms with Gasteiger partial charge in [0, 0.05) is 10.4 Å². The molecule has 0 atom stereocenters. The second kappa shape index (κ2) is 6.95. The number of carbonyl (C=O) groups is 1. The lowest BCUT2D eigenvalue weighted by Gasteiger charge is -2.16. The summed E-state index contributed by atoms with van der Waals surface area (Å²) in [4.78, 5) is 24.8. The molecule has 136 valence electrons. The van der Waals surface area contributed by atoms with Crippen LogP contribution >= 0.6 is 11.8 Å². The molecule has 8 heteroatoms. The van der Waals surface area contributed by atoms with Gasteiger partial charge in [-0.25, -0.2) is 9.48 Å². The van der Waals surface area contributed by atoms with Crippen molar-refractivity contribution in [2.45, 2.75) is 44.0 Å². The first kappa shape index (κ1) is 18.2. The Morgan fingerprint density at radius 1 is 1.15 bits per heavy atom. The Bertz CT molecular complexity index is 1020. The number of benzene rings is 1. The fraction of sp³-hybridized carbons (Fsp3) is 0.333. The van der Waals surface area contributed by atoms with E-state index in [-0.39, 0.29) is 17.2 Å². The van der Waals surface area contributed by atoms with Gasteiger partial charge in [0.05, 0.1) is 0 Å². The summed E-state index contributed by atoms with van der Waals surface area (Å²) in [6, 6.07) is 11.0. The van der Waals surface area contributed by atoms with Gasteiger partial charge in [0.15, 0.2) is 5.65 Å². The second-order valence-corrected chi connectivity index (χ2v) is 8.81. The number of aryl methyl sites for hydroxylation is 1. The largest absolute Gasteiger partial charge is 0.367 e. The fourth-order valence-corrected chi connectivity index (χ4v) is 3.29. The van der Waals surface area contributed by atoms with Crippen LogP contribution in [-0.4, -0.2) is 30.0 Å². The first-order valence-corrected chi connectivity index (χ1v) is 9.06. The van der Waals surface area contributed by atoms with E-state index in [4.69, 9.17) is 0 Å². The lowest BCUT2D eigenvalue weighted by Crippen LogP contribution is -2.29. The van der Waals surface area contributed by atoms with E-state index in [2.05, 4.69) is 36.3 Å². The Kier molecular flexibility index (Phi) is 4.86. The van der Waals surface area contributed by atoms with E-state index in [1.54, 1.807) is 17.8 Å². The monoisotopic (exact) mass is 371 g/mol. The van der Waals surface area contributed by atoms with Crippen LogP contribution in [0.3, 0.4) is 0 Å². The van der Waals surface area contributed by atoms with Gasteiger partial charge in [-0.2, -0.15) is 9.61 Å². The molecule has 0 radical (unpaired) electrons. The van der Waals surface area contributed by atoms with Gasteiger partial charge >= 0.3 is 5.69 Å². The molecule has 2 aromatic heterocycles. The Morgan fingerprint density at radius 3 is 2.58 bits per heavy atom. The van der Waals surface area contributed by atoms with Gasteiger partial charge in [-0.05, 0) is 30.7 Å². The number of hydrogen-bond donors (Lipinski definition) is 1. The van der Waals surface area contributed by atoms with Crippen molar-refractivity contribution in [3.63, 3.8) is 0 Å². The first-order valence-electron chi connectivity index (χ1n) is 8.24. The predicted molar refractivity (Wildman–Crippen MR) is 103 cm³/mol. The van der Waals surface area contributed by atoms with E-state index in [1.165, 1.54) is 4.52 Å². The number of thioether (sulfide) groups is 1. The highest BCUT2D eigenvalue weighted by Crippen LogP contribution is 2.29. The minimum atomic E-state index is -0.434. The van der Waals surface area contributed by atoms with Crippen molar-refractivity contribution in [3.8, 4) is 0 Å². The molecular weight excluding hydrogens is 350 g/mol. The lowest BCUT2D eigenvalue weighted by atomic mass is 10.2. The van der Waals surface area contributed by atoms with Gasteiger partial charge in [0.1, 0.15) is 11.6 Å². The van der Waals surface area contributed by atoms with Crippen molar-refractivity contribution in [3.05, 3.63) is 52.4 Å². The van der Waals surface area contributed by atoms with Crippen LogP contribution in [0.4, 0.5) is 5.69 Å². The van der Waals surface area contributed by atoms with Crippen LogP contribution in [0, 0.1) is 6.92 Å². The predicted octanol–water partition coefficient (Wildman–Crippen LogP) is 2.73. The Hall–Kier alpha value is -2.61. The number of amides is 1. The highest BCUT2D eigenvalue weighted by Gasteiger charge is 2.16. The van der Waals surface area contributed by atoms with Gasteiger partial charge in [0.2, 0.25) is 5.91 Å². The molecule has 0 unspecified atom stereocenters. The number of carbonyl (C=O) groups excluding carboxylic acids is 1. The highest BCUT2D eigenvalue weighted by molar-refractivity contribution is 8.00. The molecule has 0 aliphatic rings. The molecule has 3 aromatic rings. The van der Waals surface area contributed by atoms with E-state index >= 15 is 0 Å². The quantitative estimate of drug-likeness (QED) is 0.713. The molecule has 7 nitrogen and oxygen atoms in total. The second-order valence-electron chi connectivity index (χ2n) is 6.96. The molecule has 1 amide bonds. The van der Waals surface area contributed by atoms with Gasteiger partial charge in [0.25, 0.3) is 0 Å².